The van der Waals surface area contributed by atoms with E-state index in [2.05, 4.69) is 9.72 Å². The Morgan fingerprint density at radius 2 is 1.95 bits per heavy atom. The first-order valence-corrected chi connectivity index (χ1v) is 6.43. The van der Waals surface area contributed by atoms with Crippen molar-refractivity contribution in [3.63, 3.8) is 0 Å². The lowest BCUT2D eigenvalue weighted by molar-refractivity contribution is 0.0594. The first kappa shape index (κ1) is 14.3. The van der Waals surface area contributed by atoms with Gasteiger partial charge in [-0.2, -0.15) is 0 Å². The number of hydrogen-bond donors (Lipinski definition) is 1. The van der Waals surface area contributed by atoms with Gasteiger partial charge in [0.1, 0.15) is 0 Å². The van der Waals surface area contributed by atoms with E-state index >= 15 is 0 Å². The molecule has 0 amide bonds. The molecular weight excluding hydrogens is 276 g/mol. The van der Waals surface area contributed by atoms with E-state index in [1.54, 1.807) is 6.07 Å². The summed E-state index contributed by atoms with van der Waals surface area (Å²) >= 11 is 5.99. The van der Waals surface area contributed by atoms with Gasteiger partial charge in [0.15, 0.2) is 5.69 Å². The number of aryl methyl sites for hydroxylation is 2. The van der Waals surface area contributed by atoms with E-state index in [1.165, 1.54) is 12.7 Å². The van der Waals surface area contributed by atoms with Crippen LogP contribution in [0.3, 0.4) is 0 Å². The molecule has 2 rings (SSSR count). The molecule has 0 unspecified atom stereocenters. The standard InChI is InChI=1S/C15H15ClN2O2/c1-8-4-5-10(6-9(8)2)12-7-11(17)13(16)14(18-12)15(19)20-3/h4-7H,1-3H3,(H2,17,18). The average molecular weight is 291 g/mol. The highest BCUT2D eigenvalue weighted by molar-refractivity contribution is 6.35. The quantitative estimate of drug-likeness (QED) is 0.861. The Morgan fingerprint density at radius 3 is 2.55 bits per heavy atom. The van der Waals surface area contributed by atoms with Crippen molar-refractivity contribution < 1.29 is 9.53 Å². The summed E-state index contributed by atoms with van der Waals surface area (Å²) < 4.78 is 4.66. The third-order valence-corrected chi connectivity index (χ3v) is 3.56. The van der Waals surface area contributed by atoms with Crippen molar-refractivity contribution >= 4 is 23.3 Å². The molecule has 1 aromatic carbocycles. The molecule has 0 bridgehead atoms. The molecule has 0 spiro atoms. The van der Waals surface area contributed by atoms with Gasteiger partial charge in [-0.25, -0.2) is 9.78 Å². The molecule has 0 aliphatic carbocycles. The summed E-state index contributed by atoms with van der Waals surface area (Å²) in [5.41, 5.74) is 9.96. The first-order chi connectivity index (χ1) is 9.43. The van der Waals surface area contributed by atoms with Crippen LogP contribution in [0, 0.1) is 13.8 Å². The number of nitrogens with two attached hydrogens (primary N) is 1. The number of esters is 1. The first-order valence-electron chi connectivity index (χ1n) is 6.06. The summed E-state index contributed by atoms with van der Waals surface area (Å²) in [6, 6.07) is 7.57. The second-order valence-electron chi connectivity index (χ2n) is 4.55. The smallest absolute Gasteiger partial charge is 0.358 e. The number of benzene rings is 1. The normalized spacial score (nSPS) is 10.4. The van der Waals surface area contributed by atoms with E-state index < -0.39 is 5.97 Å². The van der Waals surface area contributed by atoms with Crippen molar-refractivity contribution in [3.05, 3.63) is 46.1 Å². The predicted octanol–water partition coefficient (Wildman–Crippen LogP) is 3.39. The number of methoxy groups -OCH3 is 1. The molecule has 104 valence electrons. The van der Waals surface area contributed by atoms with E-state index in [0.717, 1.165) is 11.1 Å². The molecule has 4 nitrogen and oxygen atoms in total. The molecule has 0 aliphatic rings. The number of halogens is 1. The molecule has 0 radical (unpaired) electrons. The van der Waals surface area contributed by atoms with Crippen molar-refractivity contribution in [3.8, 4) is 11.3 Å². The van der Waals surface area contributed by atoms with Crippen LogP contribution in [0.4, 0.5) is 5.69 Å². The van der Waals surface area contributed by atoms with E-state index in [-0.39, 0.29) is 10.7 Å². The van der Waals surface area contributed by atoms with Gasteiger partial charge in [-0.05, 0) is 37.1 Å². The van der Waals surface area contributed by atoms with Crippen LogP contribution in [-0.4, -0.2) is 18.1 Å². The summed E-state index contributed by atoms with van der Waals surface area (Å²) in [6.45, 7) is 4.04. The lowest BCUT2D eigenvalue weighted by atomic mass is 10.0. The van der Waals surface area contributed by atoms with Gasteiger partial charge in [0.2, 0.25) is 0 Å². The van der Waals surface area contributed by atoms with Gasteiger partial charge in [-0.15, -0.1) is 0 Å². The Kier molecular flexibility index (Phi) is 3.95. The van der Waals surface area contributed by atoms with Crippen molar-refractivity contribution in [1.82, 2.24) is 4.98 Å². The number of nitrogens with zero attached hydrogens (tertiary/aromatic N) is 1. The molecule has 0 saturated carbocycles. The molecule has 5 heteroatoms. The minimum Gasteiger partial charge on any atom is -0.464 e. The fourth-order valence-corrected chi connectivity index (χ4v) is 2.00. The number of pyridine rings is 1. The Bertz CT molecular complexity index is 684. The number of hydrogen-bond acceptors (Lipinski definition) is 4. The van der Waals surface area contributed by atoms with Gasteiger partial charge in [0, 0.05) is 5.56 Å². The zero-order valence-electron chi connectivity index (χ0n) is 11.5. The molecule has 20 heavy (non-hydrogen) atoms. The SMILES string of the molecule is COC(=O)c1nc(-c2ccc(C)c(C)c2)cc(N)c1Cl. The molecule has 2 N–H and O–H groups in total. The van der Waals surface area contributed by atoms with Crippen LogP contribution in [0.5, 0.6) is 0 Å². The molecule has 0 saturated heterocycles. The minimum absolute atomic E-state index is 0.0300. The average Bonchev–Trinajstić information content (AvgIpc) is 2.44. The highest BCUT2D eigenvalue weighted by atomic mass is 35.5. The second kappa shape index (κ2) is 5.51. The van der Waals surface area contributed by atoms with Crippen LogP contribution >= 0.6 is 11.6 Å². The Morgan fingerprint density at radius 1 is 1.25 bits per heavy atom. The molecule has 0 aliphatic heterocycles. The fraction of sp³-hybridized carbons (Fsp3) is 0.200. The summed E-state index contributed by atoms with van der Waals surface area (Å²) in [4.78, 5) is 15.9. The maximum absolute atomic E-state index is 11.7. The molecule has 0 atom stereocenters. The summed E-state index contributed by atoms with van der Waals surface area (Å²) in [6.07, 6.45) is 0. The van der Waals surface area contributed by atoms with Gasteiger partial charge in [0.05, 0.1) is 23.5 Å². The van der Waals surface area contributed by atoms with Gasteiger partial charge in [-0.3, -0.25) is 0 Å². The van der Waals surface area contributed by atoms with Crippen LogP contribution in [0.1, 0.15) is 21.6 Å². The van der Waals surface area contributed by atoms with E-state index in [4.69, 9.17) is 17.3 Å². The number of anilines is 1. The largest absolute Gasteiger partial charge is 0.464 e. The lowest BCUT2D eigenvalue weighted by Crippen LogP contribution is -2.08. The van der Waals surface area contributed by atoms with Gasteiger partial charge in [-0.1, -0.05) is 23.7 Å². The van der Waals surface area contributed by atoms with E-state index in [9.17, 15) is 4.79 Å². The third kappa shape index (κ3) is 2.60. The predicted molar refractivity (Wildman–Crippen MR) is 79.9 cm³/mol. The number of carbonyl (C=O) groups excluding carboxylic acids is 1. The van der Waals surface area contributed by atoms with Crippen LogP contribution in [0.15, 0.2) is 24.3 Å². The monoisotopic (exact) mass is 290 g/mol. The molecule has 1 aromatic heterocycles. The Labute approximate surface area is 122 Å². The number of rotatable bonds is 2. The maximum Gasteiger partial charge on any atom is 0.358 e. The lowest BCUT2D eigenvalue weighted by Gasteiger charge is -2.09. The van der Waals surface area contributed by atoms with Gasteiger partial charge >= 0.3 is 5.97 Å². The van der Waals surface area contributed by atoms with E-state index in [0.29, 0.717) is 11.4 Å². The van der Waals surface area contributed by atoms with Crippen molar-refractivity contribution in [2.45, 2.75) is 13.8 Å². The molecule has 2 aromatic rings. The van der Waals surface area contributed by atoms with Gasteiger partial charge in [0.25, 0.3) is 0 Å². The zero-order chi connectivity index (χ0) is 14.9. The maximum atomic E-state index is 11.7. The number of nitrogen functional groups attached to an aromatic ring is 1. The van der Waals surface area contributed by atoms with Crippen molar-refractivity contribution in [1.29, 1.82) is 0 Å². The Balaban J connectivity index is 2.60. The summed E-state index contributed by atoms with van der Waals surface area (Å²) in [7, 11) is 1.28. The van der Waals surface area contributed by atoms with Crippen molar-refractivity contribution in [2.24, 2.45) is 0 Å². The number of aromatic nitrogens is 1. The third-order valence-electron chi connectivity index (χ3n) is 3.17. The van der Waals surface area contributed by atoms with Crippen LogP contribution in [0.2, 0.25) is 5.02 Å². The van der Waals surface area contributed by atoms with E-state index in [1.807, 2.05) is 32.0 Å². The topological polar surface area (TPSA) is 65.2 Å². The molecule has 1 heterocycles. The van der Waals surface area contributed by atoms with Crippen LogP contribution in [0.25, 0.3) is 11.3 Å². The molecule has 0 fully saturated rings. The summed E-state index contributed by atoms with van der Waals surface area (Å²) in [5, 5.41) is 0.115. The highest BCUT2D eigenvalue weighted by Crippen LogP contribution is 2.29. The highest BCUT2D eigenvalue weighted by Gasteiger charge is 2.17. The second-order valence-corrected chi connectivity index (χ2v) is 4.93. The zero-order valence-corrected chi connectivity index (χ0v) is 12.3. The number of carbonyl (C=O) groups is 1. The minimum atomic E-state index is -0.604. The van der Waals surface area contributed by atoms with Crippen LogP contribution in [-0.2, 0) is 4.74 Å². The van der Waals surface area contributed by atoms with Crippen molar-refractivity contribution in [2.75, 3.05) is 12.8 Å². The number of ether oxygens (including phenoxy) is 1. The fourth-order valence-electron chi connectivity index (χ4n) is 1.83. The van der Waals surface area contributed by atoms with Crippen LogP contribution < -0.4 is 5.73 Å². The molecular formula is C15H15ClN2O2. The van der Waals surface area contributed by atoms with Gasteiger partial charge < -0.3 is 10.5 Å². The summed E-state index contributed by atoms with van der Waals surface area (Å²) in [5.74, 6) is -0.604. The Hall–Kier alpha value is -2.07.